The van der Waals surface area contributed by atoms with Crippen molar-refractivity contribution in [2.75, 3.05) is 20.2 Å². The molecule has 108 valence electrons. The van der Waals surface area contributed by atoms with Crippen LogP contribution in [0.4, 0.5) is 4.39 Å². The maximum Gasteiger partial charge on any atom is 0.138 e. The summed E-state index contributed by atoms with van der Waals surface area (Å²) in [5.41, 5.74) is 1.32. The topological polar surface area (TPSA) is 43.7 Å². The van der Waals surface area contributed by atoms with Gasteiger partial charge in [0.25, 0.3) is 0 Å². The molecule has 2 N–H and O–H groups in total. The van der Waals surface area contributed by atoms with Gasteiger partial charge in [-0.2, -0.15) is 0 Å². The van der Waals surface area contributed by atoms with E-state index < -0.39 is 0 Å². The molecule has 1 aromatic rings. The lowest BCUT2D eigenvalue weighted by molar-refractivity contribution is 0.0274. The SMILES string of the molecule is CN(Cc1ccc(F)c(C#CCO)c1)CC1CC(O)C1. The number of rotatable bonds is 4. The van der Waals surface area contributed by atoms with Crippen LogP contribution in [0.5, 0.6) is 0 Å². The van der Waals surface area contributed by atoms with Gasteiger partial charge < -0.3 is 15.1 Å². The van der Waals surface area contributed by atoms with Gasteiger partial charge in [0.15, 0.2) is 0 Å². The van der Waals surface area contributed by atoms with Gasteiger partial charge in [-0.3, -0.25) is 0 Å². The Kier molecular flexibility index (Phi) is 5.13. The van der Waals surface area contributed by atoms with Crippen LogP contribution in [0.1, 0.15) is 24.0 Å². The van der Waals surface area contributed by atoms with Gasteiger partial charge in [-0.05, 0) is 43.5 Å². The van der Waals surface area contributed by atoms with Crippen LogP contribution in [0.25, 0.3) is 0 Å². The average Bonchev–Trinajstić information content (AvgIpc) is 2.37. The van der Waals surface area contributed by atoms with Gasteiger partial charge in [0.2, 0.25) is 0 Å². The van der Waals surface area contributed by atoms with Crippen molar-refractivity contribution >= 4 is 0 Å². The minimum Gasteiger partial charge on any atom is -0.393 e. The monoisotopic (exact) mass is 277 g/mol. The zero-order valence-electron chi connectivity index (χ0n) is 11.6. The van der Waals surface area contributed by atoms with E-state index in [0.717, 1.165) is 31.5 Å². The molecule has 0 aliphatic heterocycles. The van der Waals surface area contributed by atoms with Gasteiger partial charge >= 0.3 is 0 Å². The molecule has 1 aromatic carbocycles. The van der Waals surface area contributed by atoms with Crippen LogP contribution in [0.15, 0.2) is 18.2 Å². The third-order valence-electron chi connectivity index (χ3n) is 3.57. The van der Waals surface area contributed by atoms with E-state index in [1.807, 2.05) is 7.05 Å². The highest BCUT2D eigenvalue weighted by Crippen LogP contribution is 2.27. The first kappa shape index (κ1) is 15.0. The van der Waals surface area contributed by atoms with Crippen molar-refractivity contribution in [3.8, 4) is 11.8 Å². The molecule has 0 heterocycles. The van der Waals surface area contributed by atoms with E-state index in [9.17, 15) is 9.50 Å². The first-order chi connectivity index (χ1) is 9.58. The molecular formula is C16H20FNO2. The number of hydrogen-bond donors (Lipinski definition) is 2. The molecule has 0 radical (unpaired) electrons. The van der Waals surface area contributed by atoms with Crippen molar-refractivity contribution in [1.82, 2.24) is 4.90 Å². The second-order valence-electron chi connectivity index (χ2n) is 5.46. The molecule has 0 aromatic heterocycles. The number of benzene rings is 1. The minimum atomic E-state index is -0.362. The highest BCUT2D eigenvalue weighted by atomic mass is 19.1. The molecule has 0 atom stereocenters. The van der Waals surface area contributed by atoms with Crippen molar-refractivity contribution in [2.24, 2.45) is 5.92 Å². The van der Waals surface area contributed by atoms with Crippen LogP contribution in [0.3, 0.4) is 0 Å². The summed E-state index contributed by atoms with van der Waals surface area (Å²) in [7, 11) is 2.02. The summed E-state index contributed by atoms with van der Waals surface area (Å²) in [6.07, 6.45) is 1.63. The second kappa shape index (κ2) is 6.85. The molecule has 20 heavy (non-hydrogen) atoms. The van der Waals surface area contributed by atoms with Crippen LogP contribution in [-0.2, 0) is 6.54 Å². The van der Waals surface area contributed by atoms with Gasteiger partial charge in [-0.15, -0.1) is 0 Å². The minimum absolute atomic E-state index is 0.125. The van der Waals surface area contributed by atoms with E-state index in [-0.39, 0.29) is 18.5 Å². The second-order valence-corrected chi connectivity index (χ2v) is 5.46. The first-order valence-corrected chi connectivity index (χ1v) is 6.83. The fourth-order valence-corrected chi connectivity index (χ4v) is 2.57. The maximum absolute atomic E-state index is 13.5. The Morgan fingerprint density at radius 3 is 2.80 bits per heavy atom. The number of aliphatic hydroxyl groups is 2. The van der Waals surface area contributed by atoms with Crippen molar-refractivity contribution in [1.29, 1.82) is 0 Å². The number of hydrogen-bond acceptors (Lipinski definition) is 3. The van der Waals surface area contributed by atoms with Gasteiger partial charge in [0.05, 0.1) is 11.7 Å². The van der Waals surface area contributed by atoms with Crippen molar-refractivity contribution in [3.63, 3.8) is 0 Å². The van der Waals surface area contributed by atoms with Crippen LogP contribution >= 0.6 is 0 Å². The zero-order chi connectivity index (χ0) is 14.5. The molecule has 1 fully saturated rings. The van der Waals surface area contributed by atoms with Crippen molar-refractivity contribution in [3.05, 3.63) is 35.1 Å². The van der Waals surface area contributed by atoms with E-state index >= 15 is 0 Å². The summed E-state index contributed by atoms with van der Waals surface area (Å²) in [5.74, 6) is 5.28. The first-order valence-electron chi connectivity index (χ1n) is 6.83. The molecule has 0 spiro atoms. The summed E-state index contributed by atoms with van der Waals surface area (Å²) < 4.78 is 13.5. The maximum atomic E-state index is 13.5. The van der Waals surface area contributed by atoms with E-state index in [1.54, 1.807) is 12.1 Å². The average molecular weight is 277 g/mol. The predicted octanol–water partition coefficient (Wildman–Crippen LogP) is 1.37. The van der Waals surface area contributed by atoms with Gasteiger partial charge in [-0.1, -0.05) is 17.9 Å². The lowest BCUT2D eigenvalue weighted by atomic mass is 9.82. The van der Waals surface area contributed by atoms with Crippen LogP contribution in [0.2, 0.25) is 0 Å². The highest BCUT2D eigenvalue weighted by molar-refractivity contribution is 5.38. The molecule has 3 nitrogen and oxygen atoms in total. The van der Waals surface area contributed by atoms with Crippen LogP contribution in [-0.4, -0.2) is 41.4 Å². The third kappa shape index (κ3) is 4.04. The molecule has 1 saturated carbocycles. The predicted molar refractivity (Wildman–Crippen MR) is 75.4 cm³/mol. The van der Waals surface area contributed by atoms with Crippen LogP contribution in [0, 0.1) is 23.6 Å². The Bertz CT molecular complexity index is 515. The molecule has 0 bridgehead atoms. The van der Waals surface area contributed by atoms with E-state index in [0.29, 0.717) is 11.5 Å². The molecule has 0 saturated heterocycles. The molecule has 0 unspecified atom stereocenters. The zero-order valence-corrected chi connectivity index (χ0v) is 11.6. The molecule has 1 aliphatic rings. The standard InChI is InChI=1S/C16H20FNO2/c1-18(11-13-8-15(20)9-13)10-12-4-5-16(17)14(7-12)3-2-6-19/h4-5,7,13,15,19-20H,6,8-11H2,1H3. The Balaban J connectivity index is 1.94. The highest BCUT2D eigenvalue weighted by Gasteiger charge is 2.27. The fraction of sp³-hybridized carbons (Fsp3) is 0.500. The molecular weight excluding hydrogens is 257 g/mol. The number of aliphatic hydroxyl groups excluding tert-OH is 2. The summed E-state index contributed by atoms with van der Waals surface area (Å²) in [4.78, 5) is 2.17. The van der Waals surface area contributed by atoms with Crippen molar-refractivity contribution < 1.29 is 14.6 Å². The molecule has 1 aliphatic carbocycles. The van der Waals surface area contributed by atoms with Crippen molar-refractivity contribution in [2.45, 2.75) is 25.5 Å². The number of nitrogens with zero attached hydrogens (tertiary/aromatic N) is 1. The van der Waals surface area contributed by atoms with Gasteiger partial charge in [0.1, 0.15) is 12.4 Å². The molecule has 2 rings (SSSR count). The summed E-state index contributed by atoms with van der Waals surface area (Å²) in [5, 5.41) is 17.9. The third-order valence-corrected chi connectivity index (χ3v) is 3.57. The lowest BCUT2D eigenvalue weighted by Gasteiger charge is -2.34. The summed E-state index contributed by atoms with van der Waals surface area (Å²) in [6.45, 7) is 1.39. The Morgan fingerprint density at radius 2 is 2.15 bits per heavy atom. The van der Waals surface area contributed by atoms with E-state index in [4.69, 9.17) is 5.11 Å². The lowest BCUT2D eigenvalue weighted by Crippen LogP contribution is -2.36. The Labute approximate surface area is 119 Å². The smallest absolute Gasteiger partial charge is 0.138 e. The molecule has 4 heteroatoms. The Hall–Kier alpha value is -1.41. The quantitative estimate of drug-likeness (QED) is 0.817. The summed E-state index contributed by atoms with van der Waals surface area (Å²) in [6, 6.07) is 4.90. The number of halogens is 1. The van der Waals surface area contributed by atoms with Gasteiger partial charge in [-0.25, -0.2) is 4.39 Å². The van der Waals surface area contributed by atoms with Gasteiger partial charge in [0, 0.05) is 13.1 Å². The molecule has 0 amide bonds. The van der Waals surface area contributed by atoms with Crippen LogP contribution < -0.4 is 0 Å². The summed E-state index contributed by atoms with van der Waals surface area (Å²) >= 11 is 0. The van der Waals surface area contributed by atoms with E-state index in [2.05, 4.69) is 16.7 Å². The largest absolute Gasteiger partial charge is 0.393 e. The van der Waals surface area contributed by atoms with E-state index in [1.165, 1.54) is 6.07 Å². The Morgan fingerprint density at radius 1 is 1.40 bits per heavy atom. The normalized spacial score (nSPS) is 21.2. The fourth-order valence-electron chi connectivity index (χ4n) is 2.57.